The Balaban J connectivity index is 2.20. The molecule has 0 saturated carbocycles. The zero-order valence-electron chi connectivity index (χ0n) is 17.1. The van der Waals surface area contributed by atoms with Crippen molar-refractivity contribution in [2.24, 2.45) is 0 Å². The molecule has 1 atom stereocenters. The molecule has 0 spiro atoms. The number of methoxy groups -OCH3 is 1. The van der Waals surface area contributed by atoms with Gasteiger partial charge in [-0.1, -0.05) is 12.5 Å². The zero-order valence-corrected chi connectivity index (χ0v) is 17.9. The number of nitrogens with zero attached hydrogens (tertiary/aromatic N) is 2. The molecule has 1 fully saturated rings. The Morgan fingerprint density at radius 2 is 2.00 bits per heavy atom. The lowest BCUT2D eigenvalue weighted by atomic mass is 10.1. The van der Waals surface area contributed by atoms with Crippen LogP contribution in [0, 0.1) is 6.92 Å². The van der Waals surface area contributed by atoms with E-state index in [-0.39, 0.29) is 29.2 Å². The summed E-state index contributed by atoms with van der Waals surface area (Å²) >= 11 is 0. The molecule has 0 aromatic heterocycles. The van der Waals surface area contributed by atoms with Crippen molar-refractivity contribution >= 4 is 21.9 Å². The highest BCUT2D eigenvalue weighted by Gasteiger charge is 2.31. The molecule has 8 heteroatoms. The predicted octanol–water partition coefficient (Wildman–Crippen LogP) is 2.58. The highest BCUT2D eigenvalue weighted by atomic mass is 32.2. The van der Waals surface area contributed by atoms with Crippen molar-refractivity contribution in [2.75, 3.05) is 27.2 Å². The fourth-order valence-corrected chi connectivity index (χ4v) is 5.15. The fraction of sp³-hybridized carbons (Fsp3) is 0.600. The zero-order chi connectivity index (χ0) is 20.9. The van der Waals surface area contributed by atoms with Gasteiger partial charge in [-0.25, -0.2) is 8.42 Å². The van der Waals surface area contributed by atoms with Crippen LogP contribution < -0.4 is 0 Å². The minimum absolute atomic E-state index is 0.0415. The summed E-state index contributed by atoms with van der Waals surface area (Å²) in [4.78, 5) is 25.7. The second kappa shape index (κ2) is 9.52. The van der Waals surface area contributed by atoms with Crippen LogP contribution in [0.5, 0.6) is 0 Å². The van der Waals surface area contributed by atoms with E-state index in [4.69, 9.17) is 0 Å². The summed E-state index contributed by atoms with van der Waals surface area (Å²) < 4.78 is 32.3. The maximum absolute atomic E-state index is 13.1. The monoisotopic (exact) mass is 410 g/mol. The molecule has 0 bridgehead atoms. The van der Waals surface area contributed by atoms with Crippen LogP contribution in [-0.4, -0.2) is 62.8 Å². The summed E-state index contributed by atoms with van der Waals surface area (Å²) in [6, 6.07) is 4.68. The summed E-state index contributed by atoms with van der Waals surface area (Å²) in [7, 11) is -0.665. The fourth-order valence-electron chi connectivity index (χ4n) is 3.43. The van der Waals surface area contributed by atoms with Gasteiger partial charge in [-0.15, -0.1) is 0 Å². The van der Waals surface area contributed by atoms with Crippen LogP contribution in [0.2, 0.25) is 0 Å². The van der Waals surface area contributed by atoms with E-state index in [2.05, 4.69) is 4.74 Å². The Morgan fingerprint density at radius 1 is 1.29 bits per heavy atom. The van der Waals surface area contributed by atoms with E-state index in [1.165, 1.54) is 22.4 Å². The third-order valence-electron chi connectivity index (χ3n) is 5.24. The largest absolute Gasteiger partial charge is 0.469 e. The van der Waals surface area contributed by atoms with Crippen molar-refractivity contribution in [3.05, 3.63) is 29.3 Å². The number of aryl methyl sites for hydroxylation is 1. The van der Waals surface area contributed by atoms with Gasteiger partial charge in [0.1, 0.15) is 0 Å². The third kappa shape index (κ3) is 5.11. The first-order valence-corrected chi connectivity index (χ1v) is 11.1. The van der Waals surface area contributed by atoms with Gasteiger partial charge in [0, 0.05) is 38.2 Å². The van der Waals surface area contributed by atoms with E-state index in [0.717, 1.165) is 24.8 Å². The number of rotatable bonds is 7. The Kier molecular flexibility index (Phi) is 7.60. The van der Waals surface area contributed by atoms with Gasteiger partial charge in [0.25, 0.3) is 5.91 Å². The number of hydrogen-bond acceptors (Lipinski definition) is 5. The van der Waals surface area contributed by atoms with Gasteiger partial charge in [-0.2, -0.15) is 4.31 Å². The number of ether oxygens (including phenoxy) is 1. The first-order chi connectivity index (χ1) is 13.2. The van der Waals surface area contributed by atoms with Gasteiger partial charge < -0.3 is 9.64 Å². The predicted molar refractivity (Wildman–Crippen MR) is 107 cm³/mol. The Bertz CT molecular complexity index is 822. The number of sulfonamides is 1. The second-order valence-corrected chi connectivity index (χ2v) is 9.23. The topological polar surface area (TPSA) is 84.0 Å². The van der Waals surface area contributed by atoms with E-state index < -0.39 is 10.0 Å². The molecule has 7 nitrogen and oxygen atoms in total. The summed E-state index contributed by atoms with van der Waals surface area (Å²) in [5.74, 6) is -0.577. The summed E-state index contributed by atoms with van der Waals surface area (Å²) in [5, 5.41) is 0. The minimum Gasteiger partial charge on any atom is -0.469 e. The van der Waals surface area contributed by atoms with Crippen molar-refractivity contribution in [1.82, 2.24) is 9.21 Å². The van der Waals surface area contributed by atoms with Crippen LogP contribution in [0.1, 0.15) is 54.9 Å². The summed E-state index contributed by atoms with van der Waals surface area (Å²) in [5.41, 5.74) is 1.08. The van der Waals surface area contributed by atoms with Gasteiger partial charge in [-0.3, -0.25) is 9.59 Å². The quantitative estimate of drug-likeness (QED) is 0.645. The van der Waals surface area contributed by atoms with Crippen molar-refractivity contribution in [3.8, 4) is 0 Å². The summed E-state index contributed by atoms with van der Waals surface area (Å²) in [6.45, 7) is 4.60. The molecule has 156 valence electrons. The number of amides is 1. The number of benzene rings is 1. The number of carbonyl (C=O) groups excluding carboxylic acids is 2. The molecule has 0 unspecified atom stereocenters. The minimum atomic E-state index is -3.64. The second-order valence-electron chi connectivity index (χ2n) is 7.34. The molecule has 1 amide bonds. The lowest BCUT2D eigenvalue weighted by Crippen LogP contribution is -2.42. The Hall–Kier alpha value is -1.93. The van der Waals surface area contributed by atoms with Crippen molar-refractivity contribution in [2.45, 2.75) is 56.9 Å². The van der Waals surface area contributed by atoms with Crippen molar-refractivity contribution in [3.63, 3.8) is 0 Å². The molecule has 1 aromatic carbocycles. The maximum Gasteiger partial charge on any atom is 0.305 e. The SMILES string of the molecule is COC(=O)CCCN(C)C(=O)c1cc(S(=O)(=O)N2CCCC[C@H]2C)ccc1C. The molecule has 1 aromatic rings. The number of carbonyl (C=O) groups is 2. The van der Waals surface area contributed by atoms with Crippen molar-refractivity contribution < 1.29 is 22.7 Å². The highest BCUT2D eigenvalue weighted by molar-refractivity contribution is 7.89. The Labute approximate surface area is 167 Å². The molecule has 0 aliphatic carbocycles. The normalized spacial score (nSPS) is 17.9. The lowest BCUT2D eigenvalue weighted by molar-refractivity contribution is -0.140. The average molecular weight is 411 g/mol. The molecule has 1 heterocycles. The number of hydrogen-bond donors (Lipinski definition) is 0. The average Bonchev–Trinajstić information content (AvgIpc) is 2.67. The van der Waals surface area contributed by atoms with Crippen LogP contribution in [0.4, 0.5) is 0 Å². The van der Waals surface area contributed by atoms with E-state index in [1.807, 2.05) is 6.92 Å². The molecule has 1 aliphatic rings. The molecule has 0 N–H and O–H groups in total. The molecule has 1 aliphatic heterocycles. The van der Waals surface area contributed by atoms with Crippen LogP contribution in [0.3, 0.4) is 0 Å². The third-order valence-corrected chi connectivity index (χ3v) is 7.25. The van der Waals surface area contributed by atoms with Crippen LogP contribution >= 0.6 is 0 Å². The molecule has 1 saturated heterocycles. The highest BCUT2D eigenvalue weighted by Crippen LogP contribution is 2.26. The standard InChI is InChI=1S/C20H30N2O5S/c1-15-10-11-17(28(25,26)22-13-6-5-8-16(22)2)14-18(15)20(24)21(3)12-7-9-19(23)27-4/h10-11,14,16H,5-9,12-13H2,1-4H3/t16-/m1/s1. The van der Waals surface area contributed by atoms with E-state index in [9.17, 15) is 18.0 Å². The van der Waals surface area contributed by atoms with Crippen LogP contribution in [0.15, 0.2) is 23.1 Å². The molecular weight excluding hydrogens is 380 g/mol. The molecule has 0 radical (unpaired) electrons. The van der Waals surface area contributed by atoms with Crippen molar-refractivity contribution in [1.29, 1.82) is 0 Å². The van der Waals surface area contributed by atoms with Gasteiger partial charge in [-0.05, 0) is 50.8 Å². The molecule has 2 rings (SSSR count). The number of esters is 1. The molecular formula is C20H30N2O5S. The maximum atomic E-state index is 13.1. The first-order valence-electron chi connectivity index (χ1n) is 9.63. The van der Waals surface area contributed by atoms with Crippen LogP contribution in [-0.2, 0) is 19.6 Å². The van der Waals surface area contributed by atoms with E-state index in [0.29, 0.717) is 25.1 Å². The van der Waals surface area contributed by atoms with Gasteiger partial charge in [0.2, 0.25) is 10.0 Å². The molecule has 28 heavy (non-hydrogen) atoms. The Morgan fingerprint density at radius 3 is 2.64 bits per heavy atom. The van der Waals surface area contributed by atoms with Gasteiger partial charge >= 0.3 is 5.97 Å². The van der Waals surface area contributed by atoms with Gasteiger partial charge in [0.15, 0.2) is 0 Å². The smallest absolute Gasteiger partial charge is 0.305 e. The van der Waals surface area contributed by atoms with Crippen LogP contribution in [0.25, 0.3) is 0 Å². The summed E-state index contributed by atoms with van der Waals surface area (Å²) in [6.07, 6.45) is 3.44. The number of piperidine rings is 1. The first kappa shape index (κ1) is 22.4. The van der Waals surface area contributed by atoms with Gasteiger partial charge in [0.05, 0.1) is 12.0 Å². The van der Waals surface area contributed by atoms with E-state index in [1.54, 1.807) is 26.1 Å². The lowest BCUT2D eigenvalue weighted by Gasteiger charge is -2.32. The van der Waals surface area contributed by atoms with E-state index >= 15 is 0 Å².